The van der Waals surface area contributed by atoms with Gasteiger partial charge >= 0.3 is 11.7 Å². The van der Waals surface area contributed by atoms with Crippen LogP contribution in [-0.4, -0.2) is 32.2 Å². The van der Waals surface area contributed by atoms with Crippen LogP contribution in [0.4, 0.5) is 10.6 Å². The molecule has 2 amide bonds. The fraction of sp³-hybridized carbons (Fsp3) is 0.120. The topological polar surface area (TPSA) is 93.8 Å². The summed E-state index contributed by atoms with van der Waals surface area (Å²) in [5.74, 6) is 0.458. The van der Waals surface area contributed by atoms with E-state index in [0.29, 0.717) is 5.82 Å². The number of aryl methyl sites for hydroxylation is 2. The molecule has 2 N–H and O–H groups in total. The third-order valence-corrected chi connectivity index (χ3v) is 5.81. The Labute approximate surface area is 189 Å². The van der Waals surface area contributed by atoms with E-state index in [9.17, 15) is 9.59 Å². The minimum Gasteiger partial charge on any atom is -0.341 e. The van der Waals surface area contributed by atoms with E-state index in [1.54, 1.807) is 41.7 Å². The average molecular weight is 438 g/mol. The smallest absolute Gasteiger partial charge is 0.333 e. The van der Waals surface area contributed by atoms with Gasteiger partial charge in [0, 0.05) is 31.2 Å². The van der Waals surface area contributed by atoms with E-state index >= 15 is 0 Å². The van der Waals surface area contributed by atoms with Gasteiger partial charge in [-0.05, 0) is 48.4 Å². The van der Waals surface area contributed by atoms with Crippen LogP contribution in [0.2, 0.25) is 0 Å². The zero-order valence-electron chi connectivity index (χ0n) is 18.5. The molecule has 0 spiro atoms. The van der Waals surface area contributed by atoms with Gasteiger partial charge in [0.05, 0.1) is 28.4 Å². The second-order valence-electron chi connectivity index (χ2n) is 7.82. The minimum absolute atomic E-state index is 0.120. The lowest BCUT2D eigenvalue weighted by Gasteiger charge is -2.10. The Morgan fingerprint density at radius 1 is 0.970 bits per heavy atom. The summed E-state index contributed by atoms with van der Waals surface area (Å²) in [6.45, 7) is 2.00. The van der Waals surface area contributed by atoms with E-state index in [0.717, 1.165) is 44.3 Å². The number of hydrogen-bond acceptors (Lipinski definition) is 4. The molecule has 3 aromatic heterocycles. The van der Waals surface area contributed by atoms with Gasteiger partial charge < -0.3 is 5.32 Å². The summed E-state index contributed by atoms with van der Waals surface area (Å²) < 4.78 is 3.38. The molecule has 0 radical (unpaired) electrons. The van der Waals surface area contributed by atoms with Crippen molar-refractivity contribution in [1.82, 2.24) is 24.4 Å². The molecule has 164 valence electrons. The van der Waals surface area contributed by atoms with Gasteiger partial charge in [0.1, 0.15) is 5.82 Å². The molecule has 0 atom stereocenters. The number of anilines is 1. The number of nitrogens with one attached hydrogen (secondary N) is 2. The van der Waals surface area contributed by atoms with E-state index < -0.39 is 0 Å². The quantitative estimate of drug-likeness (QED) is 0.445. The molecule has 0 aliphatic heterocycles. The van der Waals surface area contributed by atoms with E-state index in [1.165, 1.54) is 0 Å². The number of carbonyl (C=O) groups excluding carboxylic acids is 1. The Bertz CT molecular complexity index is 1580. The Kier molecular flexibility index (Phi) is 4.90. The first kappa shape index (κ1) is 20.4. The molecule has 33 heavy (non-hydrogen) atoms. The molecule has 0 aliphatic rings. The molecule has 0 fully saturated rings. The molecule has 8 heteroatoms. The van der Waals surface area contributed by atoms with E-state index in [-0.39, 0.29) is 11.7 Å². The van der Waals surface area contributed by atoms with Crippen molar-refractivity contribution in [1.29, 1.82) is 0 Å². The maximum Gasteiger partial charge on any atom is 0.333 e. The highest BCUT2D eigenvalue weighted by Gasteiger charge is 2.17. The predicted molar refractivity (Wildman–Crippen MR) is 130 cm³/mol. The molecule has 2 aromatic carbocycles. The van der Waals surface area contributed by atoms with E-state index in [1.807, 2.05) is 55.5 Å². The van der Waals surface area contributed by atoms with Gasteiger partial charge in [0.2, 0.25) is 0 Å². The zero-order chi connectivity index (χ0) is 23.1. The normalized spacial score (nSPS) is 11.1. The van der Waals surface area contributed by atoms with Crippen molar-refractivity contribution in [2.45, 2.75) is 6.92 Å². The van der Waals surface area contributed by atoms with Crippen molar-refractivity contribution >= 4 is 33.8 Å². The summed E-state index contributed by atoms with van der Waals surface area (Å²) in [5, 5.41) is 6.02. The molecule has 5 aromatic rings. The number of benzene rings is 2. The van der Waals surface area contributed by atoms with Crippen molar-refractivity contribution in [3.8, 4) is 16.8 Å². The third kappa shape index (κ3) is 3.41. The van der Waals surface area contributed by atoms with E-state index in [2.05, 4.69) is 20.6 Å². The Hall–Kier alpha value is -4.46. The maximum atomic E-state index is 13.2. The van der Waals surface area contributed by atoms with Crippen molar-refractivity contribution in [3.63, 3.8) is 0 Å². The number of imidazole rings is 1. The summed E-state index contributed by atoms with van der Waals surface area (Å²) in [5.41, 5.74) is 5.93. The lowest BCUT2D eigenvalue weighted by atomic mass is 10.0. The van der Waals surface area contributed by atoms with Crippen LogP contribution in [0.1, 0.15) is 5.56 Å². The highest BCUT2D eigenvalue weighted by Crippen LogP contribution is 2.30. The van der Waals surface area contributed by atoms with Gasteiger partial charge in [-0.25, -0.2) is 14.6 Å². The Balaban J connectivity index is 1.72. The molecule has 0 saturated heterocycles. The first-order chi connectivity index (χ1) is 16.0. The van der Waals surface area contributed by atoms with Crippen LogP contribution in [0.5, 0.6) is 0 Å². The maximum absolute atomic E-state index is 13.2. The molecule has 0 bridgehead atoms. The largest absolute Gasteiger partial charge is 0.341 e. The number of aromatic nitrogens is 4. The number of urea groups is 1. The van der Waals surface area contributed by atoms with Crippen LogP contribution in [0.25, 0.3) is 38.8 Å². The molecule has 0 saturated carbocycles. The molecule has 0 unspecified atom stereocenters. The number of pyridine rings is 2. The summed E-state index contributed by atoms with van der Waals surface area (Å²) in [6.07, 6.45) is 3.45. The van der Waals surface area contributed by atoms with Crippen molar-refractivity contribution < 1.29 is 4.79 Å². The molecule has 8 nitrogen and oxygen atoms in total. The molecule has 5 rings (SSSR count). The first-order valence-electron chi connectivity index (χ1n) is 10.5. The number of fused-ring (bicyclic) bond motifs is 3. The summed E-state index contributed by atoms with van der Waals surface area (Å²) in [7, 11) is 3.31. The fourth-order valence-corrected chi connectivity index (χ4v) is 4.03. The highest BCUT2D eigenvalue weighted by molar-refractivity contribution is 6.04. The average Bonchev–Trinajstić information content (AvgIpc) is 3.10. The van der Waals surface area contributed by atoms with Crippen LogP contribution in [-0.2, 0) is 7.05 Å². The lowest BCUT2D eigenvalue weighted by Crippen LogP contribution is -2.24. The second-order valence-corrected chi connectivity index (χ2v) is 7.82. The van der Waals surface area contributed by atoms with Gasteiger partial charge in [-0.2, -0.15) is 0 Å². The van der Waals surface area contributed by atoms with Crippen molar-refractivity contribution in [3.05, 3.63) is 83.0 Å². The van der Waals surface area contributed by atoms with Crippen LogP contribution < -0.4 is 16.3 Å². The second kappa shape index (κ2) is 7.90. The fourth-order valence-electron chi connectivity index (χ4n) is 4.03. The van der Waals surface area contributed by atoms with Gasteiger partial charge in [-0.3, -0.25) is 19.4 Å². The molecule has 0 aliphatic carbocycles. The Morgan fingerprint density at radius 2 is 1.76 bits per heavy atom. The molecule has 3 heterocycles. The standard InChI is InChI=1S/C25H22N6O2/c1-15-6-4-5-7-20(15)31-23-18-12-16(17-9-11-22(28-13-17)29-24(32)26-2)8-10-19(18)27-14-21(23)30(3)25(31)33/h4-14H,1-3H3,(H2,26,28,29,32). The number of amides is 2. The van der Waals surface area contributed by atoms with Crippen LogP contribution in [0, 0.1) is 6.92 Å². The number of carbonyl (C=O) groups is 1. The first-order valence-corrected chi connectivity index (χ1v) is 10.5. The molecular weight excluding hydrogens is 416 g/mol. The number of nitrogens with zero attached hydrogens (tertiary/aromatic N) is 4. The lowest BCUT2D eigenvalue weighted by molar-refractivity contribution is 0.254. The van der Waals surface area contributed by atoms with Gasteiger partial charge in [0.25, 0.3) is 0 Å². The number of para-hydroxylation sites is 1. The number of rotatable bonds is 3. The van der Waals surface area contributed by atoms with Crippen molar-refractivity contribution in [2.75, 3.05) is 12.4 Å². The summed E-state index contributed by atoms with van der Waals surface area (Å²) in [6, 6.07) is 17.1. The third-order valence-electron chi connectivity index (χ3n) is 5.81. The monoisotopic (exact) mass is 438 g/mol. The zero-order valence-corrected chi connectivity index (χ0v) is 18.5. The van der Waals surface area contributed by atoms with Gasteiger partial charge in [-0.15, -0.1) is 0 Å². The number of hydrogen-bond donors (Lipinski definition) is 2. The summed E-state index contributed by atoms with van der Waals surface area (Å²) in [4.78, 5) is 33.7. The van der Waals surface area contributed by atoms with E-state index in [4.69, 9.17) is 0 Å². The molecular formula is C25H22N6O2. The van der Waals surface area contributed by atoms with Crippen LogP contribution in [0.15, 0.2) is 71.8 Å². The van der Waals surface area contributed by atoms with Crippen LogP contribution >= 0.6 is 0 Å². The highest BCUT2D eigenvalue weighted by atomic mass is 16.2. The van der Waals surface area contributed by atoms with Crippen LogP contribution in [0.3, 0.4) is 0 Å². The van der Waals surface area contributed by atoms with Crippen molar-refractivity contribution in [2.24, 2.45) is 7.05 Å². The van der Waals surface area contributed by atoms with Gasteiger partial charge in [-0.1, -0.05) is 24.3 Å². The minimum atomic E-state index is -0.326. The SMILES string of the molecule is CNC(=O)Nc1ccc(-c2ccc3ncc4c(c3c2)n(-c2ccccc2C)c(=O)n4C)cn1. The Morgan fingerprint density at radius 3 is 2.48 bits per heavy atom. The summed E-state index contributed by atoms with van der Waals surface area (Å²) >= 11 is 0. The predicted octanol–water partition coefficient (Wildman–Crippen LogP) is 4.00. The van der Waals surface area contributed by atoms with Gasteiger partial charge in [0.15, 0.2) is 0 Å².